The van der Waals surface area contributed by atoms with Crippen LogP contribution in [0.25, 0.3) is 5.69 Å². The highest BCUT2D eigenvalue weighted by atomic mass is 19.4. The molecule has 1 aromatic heterocycles. The standard InChI is InChI=1S/C13H9F3N2O4/c1-7-6-10(19)11(12(20)21)17-18(7)8-2-4-9(5-3-8)22-13(14,15)16/h2-6H,1H3,(H,20,21). The van der Waals surface area contributed by atoms with E-state index in [1.807, 2.05) is 0 Å². The van der Waals surface area contributed by atoms with E-state index >= 15 is 0 Å². The molecule has 0 saturated heterocycles. The largest absolute Gasteiger partial charge is 0.573 e. The maximum Gasteiger partial charge on any atom is 0.573 e. The highest BCUT2D eigenvalue weighted by Gasteiger charge is 2.31. The summed E-state index contributed by atoms with van der Waals surface area (Å²) < 4.78 is 41.1. The summed E-state index contributed by atoms with van der Waals surface area (Å²) in [6.07, 6.45) is -4.80. The first-order valence-corrected chi connectivity index (χ1v) is 5.88. The molecule has 0 unspecified atom stereocenters. The third-order valence-corrected chi connectivity index (χ3v) is 2.62. The van der Waals surface area contributed by atoms with Gasteiger partial charge in [-0.3, -0.25) is 4.79 Å². The predicted octanol–water partition coefficient (Wildman–Crippen LogP) is 2.14. The Morgan fingerprint density at radius 3 is 2.36 bits per heavy atom. The average Bonchev–Trinajstić information content (AvgIpc) is 2.38. The Balaban J connectivity index is 2.42. The van der Waals surface area contributed by atoms with Crippen LogP contribution < -0.4 is 10.2 Å². The molecule has 0 atom stereocenters. The van der Waals surface area contributed by atoms with E-state index in [9.17, 15) is 22.8 Å². The maximum absolute atomic E-state index is 12.1. The number of hydrogen-bond acceptors (Lipinski definition) is 4. The van der Waals surface area contributed by atoms with Crippen LogP contribution >= 0.6 is 0 Å². The Hall–Kier alpha value is -2.84. The Kier molecular flexibility index (Phi) is 3.89. The molecule has 6 nitrogen and oxygen atoms in total. The molecule has 1 aromatic carbocycles. The zero-order valence-corrected chi connectivity index (χ0v) is 11.1. The molecule has 1 N–H and O–H groups in total. The SMILES string of the molecule is Cc1cc(=O)c(C(=O)O)nn1-c1ccc(OC(F)(F)F)cc1. The van der Waals surface area contributed by atoms with Gasteiger partial charge in [-0.25, -0.2) is 9.48 Å². The van der Waals surface area contributed by atoms with Crippen LogP contribution in [0.3, 0.4) is 0 Å². The number of aryl methyl sites for hydroxylation is 1. The van der Waals surface area contributed by atoms with E-state index in [1.54, 1.807) is 0 Å². The van der Waals surface area contributed by atoms with E-state index in [2.05, 4.69) is 9.84 Å². The topological polar surface area (TPSA) is 81.4 Å². The Bertz CT molecular complexity index is 766. The fourth-order valence-electron chi connectivity index (χ4n) is 1.75. The smallest absolute Gasteiger partial charge is 0.476 e. The third kappa shape index (κ3) is 3.43. The number of aromatic carboxylic acids is 1. The minimum atomic E-state index is -4.80. The second-order valence-electron chi connectivity index (χ2n) is 4.26. The number of carboxylic acid groups (broad SMARTS) is 1. The van der Waals surface area contributed by atoms with Crippen LogP contribution in [0.1, 0.15) is 16.2 Å². The number of nitrogens with zero attached hydrogens (tertiary/aromatic N) is 2. The number of hydrogen-bond donors (Lipinski definition) is 1. The van der Waals surface area contributed by atoms with Crippen molar-refractivity contribution in [2.45, 2.75) is 13.3 Å². The number of rotatable bonds is 3. The van der Waals surface area contributed by atoms with Gasteiger partial charge in [-0.15, -0.1) is 13.2 Å². The molecule has 0 spiro atoms. The van der Waals surface area contributed by atoms with E-state index in [-0.39, 0.29) is 5.69 Å². The molecule has 0 bridgehead atoms. The van der Waals surface area contributed by atoms with E-state index in [1.165, 1.54) is 19.1 Å². The molecule has 0 aliphatic rings. The van der Waals surface area contributed by atoms with Crippen molar-refractivity contribution < 1.29 is 27.8 Å². The lowest BCUT2D eigenvalue weighted by Crippen LogP contribution is -2.22. The molecule has 0 fully saturated rings. The van der Waals surface area contributed by atoms with Crippen molar-refractivity contribution in [2.24, 2.45) is 0 Å². The van der Waals surface area contributed by atoms with Gasteiger partial charge in [-0.2, -0.15) is 5.10 Å². The molecule has 0 amide bonds. The summed E-state index contributed by atoms with van der Waals surface area (Å²) in [5.74, 6) is -1.91. The first-order chi connectivity index (χ1) is 10.2. The van der Waals surface area contributed by atoms with Crippen LogP contribution in [-0.2, 0) is 0 Å². The minimum Gasteiger partial charge on any atom is -0.476 e. The van der Waals surface area contributed by atoms with Gasteiger partial charge in [0, 0.05) is 11.8 Å². The number of aromatic nitrogens is 2. The van der Waals surface area contributed by atoms with E-state index < -0.39 is 29.2 Å². The first-order valence-electron chi connectivity index (χ1n) is 5.88. The lowest BCUT2D eigenvalue weighted by Gasteiger charge is -2.12. The highest BCUT2D eigenvalue weighted by molar-refractivity contribution is 5.84. The molecular weight excluding hydrogens is 305 g/mol. The van der Waals surface area contributed by atoms with Gasteiger partial charge in [-0.1, -0.05) is 0 Å². The molecule has 0 saturated carbocycles. The second-order valence-corrected chi connectivity index (χ2v) is 4.26. The zero-order chi connectivity index (χ0) is 16.5. The highest BCUT2D eigenvalue weighted by Crippen LogP contribution is 2.23. The van der Waals surface area contributed by atoms with Crippen molar-refractivity contribution in [3.63, 3.8) is 0 Å². The van der Waals surface area contributed by atoms with Crippen LogP contribution in [-0.4, -0.2) is 27.2 Å². The summed E-state index contributed by atoms with van der Waals surface area (Å²) in [6.45, 7) is 1.51. The molecule has 0 aliphatic carbocycles. The number of alkyl halides is 3. The third-order valence-electron chi connectivity index (χ3n) is 2.62. The van der Waals surface area contributed by atoms with Gasteiger partial charge in [0.2, 0.25) is 11.1 Å². The lowest BCUT2D eigenvalue weighted by atomic mass is 10.2. The average molecular weight is 314 g/mol. The zero-order valence-electron chi connectivity index (χ0n) is 11.1. The fraction of sp³-hybridized carbons (Fsp3) is 0.154. The van der Waals surface area contributed by atoms with Crippen LogP contribution in [0.2, 0.25) is 0 Å². The van der Waals surface area contributed by atoms with Crippen LogP contribution in [0.15, 0.2) is 35.1 Å². The number of halogens is 3. The molecule has 22 heavy (non-hydrogen) atoms. The number of benzene rings is 1. The van der Waals surface area contributed by atoms with Crippen molar-refractivity contribution in [3.8, 4) is 11.4 Å². The monoisotopic (exact) mass is 314 g/mol. The van der Waals surface area contributed by atoms with Gasteiger partial charge < -0.3 is 9.84 Å². The molecule has 0 aliphatic heterocycles. The van der Waals surface area contributed by atoms with Crippen molar-refractivity contribution in [1.29, 1.82) is 0 Å². The quantitative estimate of drug-likeness (QED) is 0.938. The van der Waals surface area contributed by atoms with E-state index in [0.29, 0.717) is 5.69 Å². The summed E-state index contributed by atoms with van der Waals surface area (Å²) in [4.78, 5) is 22.4. The minimum absolute atomic E-state index is 0.287. The second kappa shape index (κ2) is 5.51. The summed E-state index contributed by atoms with van der Waals surface area (Å²) in [5.41, 5.74) is -0.812. The number of carboxylic acids is 1. The fourth-order valence-corrected chi connectivity index (χ4v) is 1.75. The summed E-state index contributed by atoms with van der Waals surface area (Å²) in [7, 11) is 0. The molecular formula is C13H9F3N2O4. The van der Waals surface area contributed by atoms with Crippen LogP contribution in [0.4, 0.5) is 13.2 Å². The van der Waals surface area contributed by atoms with Gasteiger partial charge in [0.05, 0.1) is 5.69 Å². The predicted molar refractivity (Wildman–Crippen MR) is 68.2 cm³/mol. The van der Waals surface area contributed by atoms with Crippen molar-refractivity contribution in [3.05, 3.63) is 51.9 Å². The summed E-state index contributed by atoms with van der Waals surface area (Å²) >= 11 is 0. The van der Waals surface area contributed by atoms with Gasteiger partial charge in [-0.05, 0) is 31.2 Å². The normalized spacial score (nSPS) is 11.3. The first kappa shape index (κ1) is 15.5. The maximum atomic E-state index is 12.1. The molecule has 2 rings (SSSR count). The van der Waals surface area contributed by atoms with Crippen molar-refractivity contribution >= 4 is 5.97 Å². The van der Waals surface area contributed by atoms with E-state index in [4.69, 9.17) is 5.11 Å². The van der Waals surface area contributed by atoms with E-state index in [0.717, 1.165) is 22.9 Å². The van der Waals surface area contributed by atoms with Crippen LogP contribution in [0, 0.1) is 6.92 Å². The lowest BCUT2D eigenvalue weighted by molar-refractivity contribution is -0.274. The van der Waals surface area contributed by atoms with Crippen molar-refractivity contribution in [2.75, 3.05) is 0 Å². The molecule has 0 radical (unpaired) electrons. The van der Waals surface area contributed by atoms with Gasteiger partial charge >= 0.3 is 12.3 Å². The molecule has 2 aromatic rings. The van der Waals surface area contributed by atoms with Crippen LogP contribution in [0.5, 0.6) is 5.75 Å². The number of carbonyl (C=O) groups is 1. The van der Waals surface area contributed by atoms with Gasteiger partial charge in [0.25, 0.3) is 0 Å². The number of ether oxygens (including phenoxy) is 1. The summed E-state index contributed by atoms with van der Waals surface area (Å²) in [6, 6.07) is 5.72. The Morgan fingerprint density at radius 1 is 1.27 bits per heavy atom. The van der Waals surface area contributed by atoms with Gasteiger partial charge in [0.1, 0.15) is 5.75 Å². The Morgan fingerprint density at radius 2 is 1.86 bits per heavy atom. The van der Waals surface area contributed by atoms with Crippen molar-refractivity contribution in [1.82, 2.24) is 9.78 Å². The van der Waals surface area contributed by atoms with Gasteiger partial charge in [0.15, 0.2) is 0 Å². The molecule has 116 valence electrons. The molecule has 1 heterocycles. The Labute approximate surface area is 121 Å². The molecule has 9 heteroatoms. The summed E-state index contributed by atoms with van der Waals surface area (Å²) in [5, 5.41) is 12.6.